The second kappa shape index (κ2) is 7.27. The van der Waals surface area contributed by atoms with Gasteiger partial charge in [-0.2, -0.15) is 0 Å². The molecule has 1 aromatic rings. The van der Waals surface area contributed by atoms with E-state index in [-0.39, 0.29) is 6.61 Å². The van der Waals surface area contributed by atoms with E-state index >= 15 is 0 Å². The molecule has 0 aliphatic rings. The van der Waals surface area contributed by atoms with Gasteiger partial charge in [0.25, 0.3) is 0 Å². The van der Waals surface area contributed by atoms with Gasteiger partial charge in [0.05, 0.1) is 12.7 Å². The highest BCUT2D eigenvalue weighted by molar-refractivity contribution is 5.48. The minimum atomic E-state index is -0.715. The SMILES string of the molecule is Cc1cccc(N(CCCN)CC(O)CO)c1. The van der Waals surface area contributed by atoms with E-state index in [2.05, 4.69) is 11.0 Å². The molecule has 4 nitrogen and oxygen atoms in total. The summed E-state index contributed by atoms with van der Waals surface area (Å²) in [6, 6.07) is 8.10. The highest BCUT2D eigenvalue weighted by Crippen LogP contribution is 2.16. The summed E-state index contributed by atoms with van der Waals surface area (Å²) in [6.07, 6.45) is 0.153. The van der Waals surface area contributed by atoms with Gasteiger partial charge in [0.2, 0.25) is 0 Å². The summed E-state index contributed by atoms with van der Waals surface area (Å²) >= 11 is 0. The maximum atomic E-state index is 9.54. The molecule has 1 aromatic carbocycles. The van der Waals surface area contributed by atoms with E-state index in [9.17, 15) is 5.11 Å². The lowest BCUT2D eigenvalue weighted by atomic mass is 10.2. The lowest BCUT2D eigenvalue weighted by molar-refractivity contribution is 0.0998. The van der Waals surface area contributed by atoms with Crippen LogP contribution in [0.3, 0.4) is 0 Å². The summed E-state index contributed by atoms with van der Waals surface area (Å²) in [5.74, 6) is 0. The van der Waals surface area contributed by atoms with Gasteiger partial charge in [0, 0.05) is 18.8 Å². The Kier molecular flexibility index (Phi) is 5.97. The molecule has 1 atom stereocenters. The zero-order chi connectivity index (χ0) is 12.7. The van der Waals surface area contributed by atoms with Crippen molar-refractivity contribution < 1.29 is 10.2 Å². The van der Waals surface area contributed by atoms with E-state index in [4.69, 9.17) is 10.8 Å². The molecule has 0 aromatic heterocycles. The van der Waals surface area contributed by atoms with Crippen molar-refractivity contribution in [3.8, 4) is 0 Å². The van der Waals surface area contributed by atoms with Gasteiger partial charge in [-0.25, -0.2) is 0 Å². The summed E-state index contributed by atoms with van der Waals surface area (Å²) in [4.78, 5) is 2.06. The fourth-order valence-corrected chi connectivity index (χ4v) is 1.74. The predicted octanol–water partition coefficient (Wildman–Crippen LogP) is 0.503. The van der Waals surface area contributed by atoms with Crippen molar-refractivity contribution in [2.75, 3.05) is 31.1 Å². The number of benzene rings is 1. The smallest absolute Gasteiger partial charge is 0.0945 e. The van der Waals surface area contributed by atoms with Crippen LogP contribution in [0.25, 0.3) is 0 Å². The minimum absolute atomic E-state index is 0.217. The molecule has 4 N–H and O–H groups in total. The number of anilines is 1. The number of nitrogens with two attached hydrogens (primary N) is 1. The van der Waals surface area contributed by atoms with Crippen molar-refractivity contribution in [2.24, 2.45) is 5.73 Å². The first kappa shape index (κ1) is 14.0. The maximum absolute atomic E-state index is 9.54. The molecule has 4 heteroatoms. The van der Waals surface area contributed by atoms with Crippen molar-refractivity contribution in [3.63, 3.8) is 0 Å². The molecule has 1 rings (SSSR count). The Bertz CT molecular complexity index is 331. The van der Waals surface area contributed by atoms with E-state index in [0.717, 1.165) is 18.7 Å². The quantitative estimate of drug-likeness (QED) is 0.647. The number of nitrogens with zero attached hydrogens (tertiary/aromatic N) is 1. The Morgan fingerprint density at radius 1 is 1.41 bits per heavy atom. The fraction of sp³-hybridized carbons (Fsp3) is 0.538. The molecule has 0 saturated heterocycles. The number of aliphatic hydroxyl groups excluding tert-OH is 2. The summed E-state index contributed by atoms with van der Waals surface area (Å²) < 4.78 is 0. The Morgan fingerprint density at radius 3 is 2.76 bits per heavy atom. The number of aliphatic hydroxyl groups is 2. The van der Waals surface area contributed by atoms with Crippen LogP contribution in [0.1, 0.15) is 12.0 Å². The second-order valence-corrected chi connectivity index (χ2v) is 4.26. The Morgan fingerprint density at radius 2 is 2.18 bits per heavy atom. The first-order valence-electron chi connectivity index (χ1n) is 5.98. The van der Waals surface area contributed by atoms with Gasteiger partial charge in [-0.05, 0) is 37.6 Å². The van der Waals surface area contributed by atoms with Gasteiger partial charge in [0.15, 0.2) is 0 Å². The van der Waals surface area contributed by atoms with Crippen molar-refractivity contribution in [1.29, 1.82) is 0 Å². The molecule has 0 radical (unpaired) electrons. The molecule has 0 heterocycles. The molecular formula is C13H22N2O2. The van der Waals surface area contributed by atoms with Gasteiger partial charge in [-0.3, -0.25) is 0 Å². The third-order valence-electron chi connectivity index (χ3n) is 2.64. The van der Waals surface area contributed by atoms with Crippen molar-refractivity contribution in [2.45, 2.75) is 19.4 Å². The second-order valence-electron chi connectivity index (χ2n) is 4.26. The van der Waals surface area contributed by atoms with Crippen molar-refractivity contribution in [1.82, 2.24) is 0 Å². The summed E-state index contributed by atoms with van der Waals surface area (Å²) in [6.45, 7) is 3.66. The first-order valence-corrected chi connectivity index (χ1v) is 5.98. The van der Waals surface area contributed by atoms with E-state index in [0.29, 0.717) is 13.1 Å². The number of aryl methyl sites for hydroxylation is 1. The van der Waals surface area contributed by atoms with Gasteiger partial charge in [-0.15, -0.1) is 0 Å². The number of hydrogen-bond donors (Lipinski definition) is 3. The highest BCUT2D eigenvalue weighted by Gasteiger charge is 2.11. The number of rotatable bonds is 7. The average Bonchev–Trinajstić information content (AvgIpc) is 2.34. The van der Waals surface area contributed by atoms with Gasteiger partial charge in [-0.1, -0.05) is 12.1 Å². The van der Waals surface area contributed by atoms with Gasteiger partial charge < -0.3 is 20.8 Å². The average molecular weight is 238 g/mol. The Hall–Kier alpha value is -1.10. The zero-order valence-electron chi connectivity index (χ0n) is 10.3. The molecule has 0 amide bonds. The third kappa shape index (κ3) is 4.73. The zero-order valence-corrected chi connectivity index (χ0v) is 10.3. The van der Waals surface area contributed by atoms with E-state index in [1.165, 1.54) is 5.56 Å². The first-order chi connectivity index (χ1) is 8.17. The van der Waals surface area contributed by atoms with E-state index < -0.39 is 6.10 Å². The lowest BCUT2D eigenvalue weighted by Gasteiger charge is -2.27. The van der Waals surface area contributed by atoms with Crippen molar-refractivity contribution in [3.05, 3.63) is 29.8 Å². The van der Waals surface area contributed by atoms with Crippen LogP contribution in [-0.4, -0.2) is 42.6 Å². The molecule has 0 fully saturated rings. The molecule has 0 aliphatic heterocycles. The monoisotopic (exact) mass is 238 g/mol. The normalized spacial score (nSPS) is 12.5. The number of hydrogen-bond acceptors (Lipinski definition) is 4. The van der Waals surface area contributed by atoms with Gasteiger partial charge >= 0.3 is 0 Å². The lowest BCUT2D eigenvalue weighted by Crippen LogP contribution is -2.35. The van der Waals surface area contributed by atoms with Crippen LogP contribution in [0, 0.1) is 6.92 Å². The van der Waals surface area contributed by atoms with Crippen LogP contribution in [0.5, 0.6) is 0 Å². The Balaban J connectivity index is 2.74. The topological polar surface area (TPSA) is 69.7 Å². The molecule has 96 valence electrons. The predicted molar refractivity (Wildman–Crippen MR) is 70.2 cm³/mol. The molecule has 1 unspecified atom stereocenters. The van der Waals surface area contributed by atoms with E-state index in [1.807, 2.05) is 25.1 Å². The van der Waals surface area contributed by atoms with Crippen LogP contribution >= 0.6 is 0 Å². The van der Waals surface area contributed by atoms with Crippen LogP contribution in [0.4, 0.5) is 5.69 Å². The molecule has 0 saturated carbocycles. The summed E-state index contributed by atoms with van der Waals surface area (Å²) in [7, 11) is 0. The largest absolute Gasteiger partial charge is 0.394 e. The maximum Gasteiger partial charge on any atom is 0.0945 e. The van der Waals surface area contributed by atoms with Crippen LogP contribution < -0.4 is 10.6 Å². The standard InChI is InChI=1S/C13H22N2O2/c1-11-4-2-5-12(8-11)15(7-3-6-14)9-13(17)10-16/h2,4-5,8,13,16-17H,3,6-7,9-10,14H2,1H3. The molecule has 17 heavy (non-hydrogen) atoms. The van der Waals surface area contributed by atoms with Crippen molar-refractivity contribution >= 4 is 5.69 Å². The fourth-order valence-electron chi connectivity index (χ4n) is 1.74. The van der Waals surface area contributed by atoms with Crippen LogP contribution in [0.15, 0.2) is 24.3 Å². The highest BCUT2D eigenvalue weighted by atomic mass is 16.3. The molecule has 0 bridgehead atoms. The third-order valence-corrected chi connectivity index (χ3v) is 2.64. The molecule has 0 aliphatic carbocycles. The molecule has 0 spiro atoms. The summed E-state index contributed by atoms with van der Waals surface area (Å²) in [5.41, 5.74) is 7.75. The van der Waals surface area contributed by atoms with Gasteiger partial charge in [0.1, 0.15) is 0 Å². The molecular weight excluding hydrogens is 216 g/mol. The Labute approximate surface area is 103 Å². The minimum Gasteiger partial charge on any atom is -0.394 e. The van der Waals surface area contributed by atoms with Crippen LogP contribution in [0.2, 0.25) is 0 Å². The van der Waals surface area contributed by atoms with Crippen LogP contribution in [-0.2, 0) is 0 Å². The summed E-state index contributed by atoms with van der Waals surface area (Å²) in [5, 5.41) is 18.4. The van der Waals surface area contributed by atoms with E-state index in [1.54, 1.807) is 0 Å².